The minimum absolute atomic E-state index is 0.133. The van der Waals surface area contributed by atoms with Gasteiger partial charge in [-0.25, -0.2) is 31.0 Å². The van der Waals surface area contributed by atoms with Gasteiger partial charge in [0.2, 0.25) is 0 Å². The van der Waals surface area contributed by atoms with E-state index in [4.69, 9.17) is 0 Å². The fourth-order valence-electron chi connectivity index (χ4n) is 4.48. The molecule has 0 spiro atoms. The summed E-state index contributed by atoms with van der Waals surface area (Å²) < 4.78 is 55.4. The van der Waals surface area contributed by atoms with E-state index in [0.29, 0.717) is 35.3 Å². The number of halogens is 2. The third kappa shape index (κ3) is 4.65. The van der Waals surface area contributed by atoms with Crippen LogP contribution in [0.3, 0.4) is 0 Å². The van der Waals surface area contributed by atoms with E-state index in [1.54, 1.807) is 16.8 Å². The molecule has 12 heteroatoms. The Hall–Kier alpha value is -3.90. The molecule has 37 heavy (non-hydrogen) atoms. The van der Waals surface area contributed by atoms with Crippen LogP contribution in [0.1, 0.15) is 34.8 Å². The van der Waals surface area contributed by atoms with E-state index in [2.05, 4.69) is 15.4 Å². The molecule has 1 atom stereocenters. The van der Waals surface area contributed by atoms with Gasteiger partial charge in [-0.1, -0.05) is 0 Å². The summed E-state index contributed by atoms with van der Waals surface area (Å²) in [6, 6.07) is 9.54. The second-order valence-corrected chi connectivity index (χ2v) is 11.0. The number of anilines is 2. The van der Waals surface area contributed by atoms with Crippen LogP contribution in [0.2, 0.25) is 0 Å². The Kier molecular flexibility index (Phi) is 6.38. The first-order valence-corrected chi connectivity index (χ1v) is 13.0. The molecule has 0 saturated carbocycles. The smallest absolute Gasteiger partial charge is 0.260 e. The molecule has 1 amide bonds. The van der Waals surface area contributed by atoms with Crippen LogP contribution < -0.4 is 10.2 Å². The number of sulfonamides is 1. The molecule has 1 aromatic carbocycles. The number of pyridine rings is 2. The maximum atomic E-state index is 14.5. The van der Waals surface area contributed by atoms with Gasteiger partial charge in [0.1, 0.15) is 11.6 Å². The standard InChI is InChI=1S/C25H24F2N6O3S/c1-31(2)37(35,36)24-8-6-17(14-28-24)30-25(34)20-15-29-33-11-9-18(13-23(20)33)32-10-3-4-22(32)19-12-16(26)5-7-21(19)27/h5-9,11-15,22H,3-4,10H2,1-2H3,(H,30,34)/t22-/m1/s1. The molecule has 0 radical (unpaired) electrons. The summed E-state index contributed by atoms with van der Waals surface area (Å²) in [6.45, 7) is 0.653. The van der Waals surface area contributed by atoms with Gasteiger partial charge in [0.25, 0.3) is 15.9 Å². The van der Waals surface area contributed by atoms with Crippen molar-refractivity contribution >= 4 is 32.8 Å². The fraction of sp³-hybridized carbons (Fsp3) is 0.240. The molecule has 192 valence electrons. The monoisotopic (exact) mass is 526 g/mol. The van der Waals surface area contributed by atoms with Crippen molar-refractivity contribution in [2.45, 2.75) is 23.9 Å². The average Bonchev–Trinajstić information content (AvgIpc) is 3.52. The molecule has 0 bridgehead atoms. The third-order valence-corrected chi connectivity index (χ3v) is 8.12. The summed E-state index contributed by atoms with van der Waals surface area (Å²) in [6.07, 6.45) is 5.89. The van der Waals surface area contributed by atoms with Crippen LogP contribution in [0.4, 0.5) is 20.2 Å². The van der Waals surface area contributed by atoms with Crippen molar-refractivity contribution in [2.24, 2.45) is 0 Å². The molecular weight excluding hydrogens is 502 g/mol. The van der Waals surface area contributed by atoms with Crippen molar-refractivity contribution in [3.05, 3.63) is 83.8 Å². The minimum Gasteiger partial charge on any atom is -0.364 e. The highest BCUT2D eigenvalue weighted by atomic mass is 32.2. The van der Waals surface area contributed by atoms with Gasteiger partial charge in [-0.05, 0) is 55.3 Å². The third-order valence-electron chi connectivity index (χ3n) is 6.39. The van der Waals surface area contributed by atoms with Gasteiger partial charge in [0, 0.05) is 38.1 Å². The van der Waals surface area contributed by atoms with E-state index < -0.39 is 27.6 Å². The Labute approximate surface area is 212 Å². The summed E-state index contributed by atoms with van der Waals surface area (Å²) in [5.41, 5.74) is 2.20. The van der Waals surface area contributed by atoms with E-state index in [1.165, 1.54) is 44.7 Å². The van der Waals surface area contributed by atoms with Crippen LogP contribution in [-0.2, 0) is 10.0 Å². The van der Waals surface area contributed by atoms with E-state index >= 15 is 0 Å². The Morgan fingerprint density at radius 3 is 2.65 bits per heavy atom. The number of aromatic nitrogens is 3. The second kappa shape index (κ2) is 9.52. The number of fused-ring (bicyclic) bond motifs is 1. The molecular formula is C25H24F2N6O3S. The van der Waals surface area contributed by atoms with Crippen molar-refractivity contribution in [3.63, 3.8) is 0 Å². The quantitative estimate of drug-likeness (QED) is 0.410. The number of carbonyl (C=O) groups is 1. The molecule has 5 rings (SSSR count). The molecule has 1 saturated heterocycles. The number of nitrogens with one attached hydrogen (secondary N) is 1. The number of benzene rings is 1. The lowest BCUT2D eigenvalue weighted by atomic mass is 10.0. The molecule has 4 aromatic rings. The Bertz CT molecular complexity index is 1590. The predicted octanol–water partition coefficient (Wildman–Crippen LogP) is 3.85. The van der Waals surface area contributed by atoms with Crippen molar-refractivity contribution in [1.82, 2.24) is 18.9 Å². The first kappa shape index (κ1) is 24.8. The predicted molar refractivity (Wildman–Crippen MR) is 134 cm³/mol. The number of hydrogen-bond donors (Lipinski definition) is 1. The van der Waals surface area contributed by atoms with E-state index in [0.717, 1.165) is 28.5 Å². The number of amides is 1. The number of carbonyl (C=O) groups excluding carboxylic acids is 1. The summed E-state index contributed by atoms with van der Waals surface area (Å²) in [7, 11) is -0.874. The van der Waals surface area contributed by atoms with E-state index in [9.17, 15) is 22.0 Å². The van der Waals surface area contributed by atoms with Gasteiger partial charge < -0.3 is 10.2 Å². The second-order valence-electron chi connectivity index (χ2n) is 8.92. The Morgan fingerprint density at radius 2 is 1.92 bits per heavy atom. The first-order chi connectivity index (χ1) is 17.6. The van der Waals surface area contributed by atoms with Gasteiger partial charge in [0.15, 0.2) is 5.03 Å². The lowest BCUT2D eigenvalue weighted by Crippen LogP contribution is -2.23. The maximum absolute atomic E-state index is 14.5. The minimum atomic E-state index is -3.69. The van der Waals surface area contributed by atoms with E-state index in [-0.39, 0.29) is 11.1 Å². The SMILES string of the molecule is CN(C)S(=O)(=O)c1ccc(NC(=O)c2cnn3ccc(N4CCC[C@@H]4c4cc(F)ccc4F)cc23)cn1. The summed E-state index contributed by atoms with van der Waals surface area (Å²) in [4.78, 5) is 19.0. The zero-order valence-electron chi connectivity index (χ0n) is 20.1. The summed E-state index contributed by atoms with van der Waals surface area (Å²) in [5.74, 6) is -1.40. The van der Waals surface area contributed by atoms with Crippen LogP contribution in [0.5, 0.6) is 0 Å². The molecule has 1 fully saturated rings. The topological polar surface area (TPSA) is 99.9 Å². The number of rotatable bonds is 6. The lowest BCUT2D eigenvalue weighted by molar-refractivity contribution is 0.102. The molecule has 0 aliphatic carbocycles. The van der Waals surface area contributed by atoms with Crippen molar-refractivity contribution in [3.8, 4) is 0 Å². The van der Waals surface area contributed by atoms with Gasteiger partial charge in [-0.3, -0.25) is 4.79 Å². The highest BCUT2D eigenvalue weighted by molar-refractivity contribution is 7.89. The maximum Gasteiger partial charge on any atom is 0.260 e. The molecule has 1 N–H and O–H groups in total. The molecule has 9 nitrogen and oxygen atoms in total. The molecule has 4 heterocycles. The molecule has 1 aliphatic heterocycles. The highest BCUT2D eigenvalue weighted by Gasteiger charge is 2.29. The first-order valence-electron chi connectivity index (χ1n) is 11.5. The van der Waals surface area contributed by atoms with Crippen LogP contribution in [0, 0.1) is 11.6 Å². The summed E-state index contributed by atoms with van der Waals surface area (Å²) >= 11 is 0. The number of hydrogen-bond acceptors (Lipinski definition) is 6. The zero-order valence-corrected chi connectivity index (χ0v) is 20.9. The van der Waals surface area contributed by atoms with Crippen molar-refractivity contribution in [1.29, 1.82) is 0 Å². The van der Waals surface area contributed by atoms with Crippen LogP contribution in [-0.4, -0.2) is 53.9 Å². The number of nitrogens with zero attached hydrogens (tertiary/aromatic N) is 5. The van der Waals surface area contributed by atoms with Gasteiger partial charge >= 0.3 is 0 Å². The van der Waals surface area contributed by atoms with Crippen LogP contribution >= 0.6 is 0 Å². The molecule has 0 unspecified atom stereocenters. The molecule has 3 aromatic heterocycles. The Morgan fingerprint density at radius 1 is 1.11 bits per heavy atom. The van der Waals surface area contributed by atoms with Crippen LogP contribution in [0.25, 0.3) is 5.52 Å². The van der Waals surface area contributed by atoms with Crippen molar-refractivity contribution in [2.75, 3.05) is 30.9 Å². The van der Waals surface area contributed by atoms with E-state index in [1.807, 2.05) is 11.0 Å². The Balaban J connectivity index is 1.41. The lowest BCUT2D eigenvalue weighted by Gasteiger charge is -2.27. The highest BCUT2D eigenvalue weighted by Crippen LogP contribution is 2.38. The normalized spacial score (nSPS) is 16.0. The molecule has 1 aliphatic rings. The summed E-state index contributed by atoms with van der Waals surface area (Å²) in [5, 5.41) is 6.83. The van der Waals surface area contributed by atoms with Crippen LogP contribution in [0.15, 0.2) is 66.1 Å². The van der Waals surface area contributed by atoms with Gasteiger partial charge in [-0.15, -0.1) is 0 Å². The average molecular weight is 527 g/mol. The van der Waals surface area contributed by atoms with Gasteiger partial charge in [-0.2, -0.15) is 5.10 Å². The van der Waals surface area contributed by atoms with Gasteiger partial charge in [0.05, 0.1) is 35.2 Å². The fourth-order valence-corrected chi connectivity index (χ4v) is 5.28. The largest absolute Gasteiger partial charge is 0.364 e. The van der Waals surface area contributed by atoms with Crippen molar-refractivity contribution < 1.29 is 22.0 Å². The zero-order chi connectivity index (χ0) is 26.3.